The lowest BCUT2D eigenvalue weighted by molar-refractivity contribution is -0.384. The Morgan fingerprint density at radius 2 is 1.73 bits per heavy atom. The van der Waals surface area contributed by atoms with Gasteiger partial charge in [0.05, 0.1) is 11.5 Å². The average molecular weight is 412 g/mol. The van der Waals surface area contributed by atoms with Crippen molar-refractivity contribution < 1.29 is 9.72 Å². The van der Waals surface area contributed by atoms with Crippen LogP contribution in [0, 0.1) is 10.1 Å². The first-order valence-electron chi connectivity index (χ1n) is 10.3. The quantitative estimate of drug-likeness (QED) is 0.388. The molecule has 0 spiro atoms. The Morgan fingerprint density at radius 1 is 1.07 bits per heavy atom. The number of benzene rings is 2. The van der Waals surface area contributed by atoms with E-state index >= 15 is 0 Å². The molecule has 2 aromatic rings. The summed E-state index contributed by atoms with van der Waals surface area (Å²) in [5.41, 5.74) is 1.94. The van der Waals surface area contributed by atoms with Crippen molar-refractivity contribution in [1.82, 2.24) is 10.2 Å². The van der Waals surface area contributed by atoms with Gasteiger partial charge in [0.2, 0.25) is 5.91 Å². The number of para-hydroxylation sites is 3. The van der Waals surface area contributed by atoms with Gasteiger partial charge in [0.15, 0.2) is 0 Å². The van der Waals surface area contributed by atoms with E-state index in [0.717, 1.165) is 13.0 Å². The van der Waals surface area contributed by atoms with Gasteiger partial charge in [0, 0.05) is 58.1 Å². The molecule has 0 saturated carbocycles. The Labute approximate surface area is 177 Å². The molecule has 1 N–H and O–H groups in total. The second kappa shape index (κ2) is 10.6. The first-order chi connectivity index (χ1) is 14.5. The van der Waals surface area contributed by atoms with Crippen molar-refractivity contribution in [2.45, 2.75) is 6.42 Å². The summed E-state index contributed by atoms with van der Waals surface area (Å²) < 4.78 is 0. The Hall–Kier alpha value is -3.13. The molecule has 0 bridgehead atoms. The number of nitrogens with zero attached hydrogens (tertiary/aromatic N) is 4. The molecule has 1 fully saturated rings. The summed E-state index contributed by atoms with van der Waals surface area (Å²) in [5.74, 6) is 0.0245. The van der Waals surface area contributed by atoms with Crippen molar-refractivity contribution in [2.75, 3.05) is 62.7 Å². The third kappa shape index (κ3) is 5.93. The zero-order valence-corrected chi connectivity index (χ0v) is 17.4. The van der Waals surface area contributed by atoms with E-state index in [-0.39, 0.29) is 16.5 Å². The van der Waals surface area contributed by atoms with E-state index in [2.05, 4.69) is 27.2 Å². The Bertz CT molecular complexity index is 838. The van der Waals surface area contributed by atoms with E-state index in [1.165, 1.54) is 11.8 Å². The fourth-order valence-electron chi connectivity index (χ4n) is 3.65. The highest BCUT2D eigenvalue weighted by Gasteiger charge is 2.24. The van der Waals surface area contributed by atoms with Crippen LogP contribution in [0.25, 0.3) is 0 Å². The van der Waals surface area contributed by atoms with Crippen molar-refractivity contribution in [3.05, 3.63) is 64.7 Å². The van der Waals surface area contributed by atoms with Crippen LogP contribution in [0.3, 0.4) is 0 Å². The molecular weight excluding hydrogens is 382 g/mol. The van der Waals surface area contributed by atoms with Gasteiger partial charge in [0.1, 0.15) is 5.69 Å². The van der Waals surface area contributed by atoms with E-state index in [0.29, 0.717) is 45.0 Å². The summed E-state index contributed by atoms with van der Waals surface area (Å²) in [7, 11) is 2.05. The SMILES string of the molecule is CN(CCCNC(=O)CN1CCN(c2ccccc2[N+](=O)[O-])CC1)c1ccccc1. The summed E-state index contributed by atoms with van der Waals surface area (Å²) in [6.07, 6.45) is 0.878. The lowest BCUT2D eigenvalue weighted by atomic mass is 10.2. The molecule has 0 atom stereocenters. The monoisotopic (exact) mass is 411 g/mol. The molecule has 160 valence electrons. The van der Waals surface area contributed by atoms with Gasteiger partial charge in [-0.1, -0.05) is 30.3 Å². The van der Waals surface area contributed by atoms with Crippen LogP contribution < -0.4 is 15.1 Å². The van der Waals surface area contributed by atoms with Crippen molar-refractivity contribution >= 4 is 23.0 Å². The van der Waals surface area contributed by atoms with Crippen molar-refractivity contribution in [1.29, 1.82) is 0 Å². The van der Waals surface area contributed by atoms with Gasteiger partial charge in [-0.25, -0.2) is 0 Å². The van der Waals surface area contributed by atoms with Crippen molar-refractivity contribution in [3.63, 3.8) is 0 Å². The van der Waals surface area contributed by atoms with Gasteiger partial charge >= 0.3 is 0 Å². The molecule has 0 radical (unpaired) electrons. The maximum Gasteiger partial charge on any atom is 0.292 e. The minimum absolute atomic E-state index is 0.0245. The maximum atomic E-state index is 12.3. The summed E-state index contributed by atoms with van der Waals surface area (Å²) in [6.45, 7) is 4.62. The summed E-state index contributed by atoms with van der Waals surface area (Å²) in [6, 6.07) is 17.0. The number of piperazine rings is 1. The molecular formula is C22H29N5O3. The van der Waals surface area contributed by atoms with E-state index in [4.69, 9.17) is 0 Å². The number of carbonyl (C=O) groups excluding carboxylic acids is 1. The van der Waals surface area contributed by atoms with Crippen molar-refractivity contribution in [2.24, 2.45) is 0 Å². The molecule has 8 nitrogen and oxygen atoms in total. The Balaban J connectivity index is 1.36. The summed E-state index contributed by atoms with van der Waals surface area (Å²) >= 11 is 0. The van der Waals surface area contributed by atoms with Crippen LogP contribution >= 0.6 is 0 Å². The second-order valence-corrected chi connectivity index (χ2v) is 7.47. The zero-order chi connectivity index (χ0) is 21.3. The predicted molar refractivity (Wildman–Crippen MR) is 119 cm³/mol. The molecule has 3 rings (SSSR count). The number of hydrogen-bond acceptors (Lipinski definition) is 6. The van der Waals surface area contributed by atoms with Gasteiger partial charge in [-0.2, -0.15) is 0 Å². The normalized spacial score (nSPS) is 14.4. The van der Waals surface area contributed by atoms with Gasteiger partial charge in [-0.05, 0) is 24.6 Å². The molecule has 1 amide bonds. The van der Waals surface area contributed by atoms with Gasteiger partial charge in [-0.15, -0.1) is 0 Å². The molecule has 8 heteroatoms. The van der Waals surface area contributed by atoms with E-state index in [1.54, 1.807) is 12.1 Å². The Morgan fingerprint density at radius 3 is 2.43 bits per heavy atom. The molecule has 1 aliphatic heterocycles. The number of anilines is 2. The minimum atomic E-state index is -0.343. The zero-order valence-electron chi connectivity index (χ0n) is 17.4. The minimum Gasteiger partial charge on any atom is -0.375 e. The highest BCUT2D eigenvalue weighted by atomic mass is 16.6. The van der Waals surface area contributed by atoms with E-state index in [9.17, 15) is 14.9 Å². The van der Waals surface area contributed by atoms with Crippen molar-refractivity contribution in [3.8, 4) is 0 Å². The van der Waals surface area contributed by atoms with Crippen LogP contribution in [-0.2, 0) is 4.79 Å². The third-order valence-electron chi connectivity index (χ3n) is 5.35. The number of nitro groups is 1. The number of nitrogens with one attached hydrogen (secondary N) is 1. The predicted octanol–water partition coefficient (Wildman–Crippen LogP) is 2.36. The molecule has 2 aromatic carbocycles. The third-order valence-corrected chi connectivity index (χ3v) is 5.35. The number of hydrogen-bond donors (Lipinski definition) is 1. The molecule has 1 saturated heterocycles. The number of amides is 1. The lowest BCUT2D eigenvalue weighted by Gasteiger charge is -2.35. The smallest absolute Gasteiger partial charge is 0.292 e. The fourth-order valence-corrected chi connectivity index (χ4v) is 3.65. The molecule has 0 unspecified atom stereocenters. The molecule has 0 aliphatic carbocycles. The standard InChI is InChI=1S/C22H29N5O3/c1-24(19-8-3-2-4-9-19)13-7-12-23-22(28)18-25-14-16-26(17-15-25)20-10-5-6-11-21(20)27(29)30/h2-6,8-11H,7,12-18H2,1H3,(H,23,28). The van der Waals surface area contributed by atoms with Crippen LogP contribution in [0.5, 0.6) is 0 Å². The number of carbonyl (C=O) groups is 1. The molecule has 30 heavy (non-hydrogen) atoms. The average Bonchev–Trinajstić information content (AvgIpc) is 2.77. The Kier molecular flexibility index (Phi) is 7.62. The number of nitro benzene ring substituents is 1. The largest absolute Gasteiger partial charge is 0.375 e. The highest BCUT2D eigenvalue weighted by molar-refractivity contribution is 5.78. The topological polar surface area (TPSA) is 82.0 Å². The first-order valence-corrected chi connectivity index (χ1v) is 10.3. The molecule has 1 aliphatic rings. The van der Waals surface area contributed by atoms with Crippen LogP contribution in [0.2, 0.25) is 0 Å². The van der Waals surface area contributed by atoms with Gasteiger partial charge < -0.3 is 15.1 Å². The number of rotatable bonds is 9. The highest BCUT2D eigenvalue weighted by Crippen LogP contribution is 2.28. The fraction of sp³-hybridized carbons (Fsp3) is 0.409. The second-order valence-electron chi connectivity index (χ2n) is 7.47. The van der Waals surface area contributed by atoms with Crippen LogP contribution in [0.4, 0.5) is 17.1 Å². The van der Waals surface area contributed by atoms with Crippen LogP contribution in [0.1, 0.15) is 6.42 Å². The lowest BCUT2D eigenvalue weighted by Crippen LogP contribution is -2.49. The van der Waals surface area contributed by atoms with Gasteiger partial charge in [-0.3, -0.25) is 19.8 Å². The molecule has 0 aromatic heterocycles. The first kappa shape index (κ1) is 21.6. The van der Waals surface area contributed by atoms with Crippen LogP contribution in [-0.4, -0.2) is 68.6 Å². The molecule has 1 heterocycles. The van der Waals surface area contributed by atoms with Crippen LogP contribution in [0.15, 0.2) is 54.6 Å². The summed E-state index contributed by atoms with van der Waals surface area (Å²) in [4.78, 5) is 29.4. The van der Waals surface area contributed by atoms with E-state index < -0.39 is 0 Å². The summed E-state index contributed by atoms with van der Waals surface area (Å²) in [5, 5.41) is 14.2. The van der Waals surface area contributed by atoms with Gasteiger partial charge in [0.25, 0.3) is 5.69 Å². The van der Waals surface area contributed by atoms with E-state index in [1.807, 2.05) is 36.2 Å². The maximum absolute atomic E-state index is 12.3.